The lowest BCUT2D eigenvalue weighted by Crippen LogP contribution is -2.19. The highest BCUT2D eigenvalue weighted by molar-refractivity contribution is 6.10. The summed E-state index contributed by atoms with van der Waals surface area (Å²) in [4.78, 5) is 26.1. The van der Waals surface area contributed by atoms with Gasteiger partial charge in [-0.3, -0.25) is 9.79 Å². The summed E-state index contributed by atoms with van der Waals surface area (Å²) in [6.45, 7) is 4.01. The van der Waals surface area contributed by atoms with Crippen molar-refractivity contribution in [1.82, 2.24) is 15.3 Å². The van der Waals surface area contributed by atoms with Gasteiger partial charge in [-0.15, -0.1) is 0 Å². The Morgan fingerprint density at radius 1 is 1.30 bits per heavy atom. The van der Waals surface area contributed by atoms with Crippen molar-refractivity contribution >= 4 is 11.6 Å². The molecule has 0 radical (unpaired) electrons. The maximum Gasteiger partial charge on any atom is 0.194 e. The number of carbonyl (C=O) groups is 1. The Kier molecular flexibility index (Phi) is 7.12. The summed E-state index contributed by atoms with van der Waals surface area (Å²) in [5, 5.41) is 3.20. The lowest BCUT2D eigenvalue weighted by Gasteiger charge is -2.12. The Morgan fingerprint density at radius 2 is 2.07 bits per heavy atom. The lowest BCUT2D eigenvalue weighted by molar-refractivity contribution is 0.103. The van der Waals surface area contributed by atoms with Gasteiger partial charge in [0.25, 0.3) is 0 Å². The molecular weight excluding hydrogens is 376 g/mol. The van der Waals surface area contributed by atoms with Gasteiger partial charge < -0.3 is 10.1 Å². The third-order valence-electron chi connectivity index (χ3n) is 4.99. The number of carbonyl (C=O) groups excluding carboxylic acids is 1. The number of amidine groups is 1. The maximum absolute atomic E-state index is 13.1. The second kappa shape index (κ2) is 9.96. The number of ether oxygens (including phenoxy) is 1. The predicted octanol–water partition coefficient (Wildman–Crippen LogP) is 4.61. The quantitative estimate of drug-likeness (QED) is 0.217. The zero-order valence-corrected chi connectivity index (χ0v) is 17.8. The van der Waals surface area contributed by atoms with Gasteiger partial charge in [0.05, 0.1) is 18.5 Å². The van der Waals surface area contributed by atoms with Gasteiger partial charge >= 0.3 is 0 Å². The number of aliphatic imine (C=N–C) groups is 1. The molecule has 6 heteroatoms. The second-order valence-corrected chi connectivity index (χ2v) is 7.35. The first-order chi connectivity index (χ1) is 14.6. The number of nitrogens with one attached hydrogen (secondary N) is 1. The molecule has 1 fully saturated rings. The molecule has 0 unspecified atom stereocenters. The van der Waals surface area contributed by atoms with Crippen molar-refractivity contribution in [1.29, 1.82) is 0 Å². The van der Waals surface area contributed by atoms with Gasteiger partial charge in [-0.25, -0.2) is 9.97 Å². The molecule has 0 spiro atoms. The minimum atomic E-state index is -0.249. The van der Waals surface area contributed by atoms with Crippen LogP contribution in [-0.2, 0) is 5.54 Å². The van der Waals surface area contributed by atoms with E-state index in [0.717, 1.165) is 37.1 Å². The molecule has 0 saturated heterocycles. The van der Waals surface area contributed by atoms with E-state index < -0.39 is 0 Å². The molecular formula is C24H28N4O2. The predicted molar refractivity (Wildman–Crippen MR) is 119 cm³/mol. The van der Waals surface area contributed by atoms with Gasteiger partial charge in [-0.05, 0) is 38.3 Å². The van der Waals surface area contributed by atoms with Crippen molar-refractivity contribution in [3.8, 4) is 5.75 Å². The first-order valence-electron chi connectivity index (χ1n) is 10.2. The molecule has 0 amide bonds. The van der Waals surface area contributed by atoms with Crippen LogP contribution < -0.4 is 10.1 Å². The minimum Gasteiger partial charge on any atom is -0.497 e. The molecule has 1 N–H and O–H groups in total. The van der Waals surface area contributed by atoms with Crippen molar-refractivity contribution in [3.63, 3.8) is 0 Å². The standard InChI is InChI=1S/C24H28N4O2/c1-4-5-6-8-20(23(29)19-9-7-10-22(13-19)30-3)14-27-18(2)28-24(11-12-24)21-15-25-17-26-16-21/h6-10,13-17H,4-5,11-12H2,1-3H3,(H,27,28)/b8-6+,20-14+. The number of allylic oxidation sites excluding steroid dienone is 3. The fourth-order valence-corrected chi connectivity index (χ4v) is 3.16. The average Bonchev–Trinajstić information content (AvgIpc) is 3.57. The number of rotatable bonds is 9. The van der Waals surface area contributed by atoms with E-state index in [1.54, 1.807) is 25.4 Å². The van der Waals surface area contributed by atoms with E-state index in [1.165, 1.54) is 6.33 Å². The number of Topliss-reactive ketones (excluding diaryl/α,β-unsaturated/α-hetero) is 1. The summed E-state index contributed by atoms with van der Waals surface area (Å²) in [5.41, 5.74) is 1.92. The smallest absolute Gasteiger partial charge is 0.194 e. The lowest BCUT2D eigenvalue weighted by atomic mass is 10.0. The molecule has 2 aromatic rings. The number of nitrogens with zero attached hydrogens (tertiary/aromatic N) is 3. The summed E-state index contributed by atoms with van der Waals surface area (Å²) in [6, 6.07) is 7.18. The monoisotopic (exact) mass is 404 g/mol. The molecule has 6 nitrogen and oxygen atoms in total. The minimum absolute atomic E-state index is 0.0702. The third-order valence-corrected chi connectivity index (χ3v) is 4.99. The molecule has 1 aromatic heterocycles. The molecule has 3 rings (SSSR count). The van der Waals surface area contributed by atoms with Gasteiger partial charge in [-0.2, -0.15) is 0 Å². The third kappa shape index (κ3) is 5.41. The van der Waals surface area contributed by atoms with Crippen LogP contribution >= 0.6 is 0 Å². The molecule has 0 atom stereocenters. The Morgan fingerprint density at radius 3 is 2.73 bits per heavy atom. The average molecular weight is 405 g/mol. The molecule has 1 aliphatic carbocycles. The first-order valence-corrected chi connectivity index (χ1v) is 10.2. The van der Waals surface area contributed by atoms with Crippen LogP contribution in [0.2, 0.25) is 0 Å². The van der Waals surface area contributed by atoms with Crippen LogP contribution in [0.3, 0.4) is 0 Å². The zero-order valence-electron chi connectivity index (χ0n) is 17.8. The molecule has 0 aliphatic heterocycles. The van der Waals surface area contributed by atoms with Crippen molar-refractivity contribution < 1.29 is 9.53 Å². The fraction of sp³-hybridized carbons (Fsp3) is 0.333. The van der Waals surface area contributed by atoms with Gasteiger partial charge in [0, 0.05) is 35.3 Å². The zero-order chi connectivity index (χ0) is 21.4. The summed E-state index contributed by atoms with van der Waals surface area (Å²) in [7, 11) is 1.59. The summed E-state index contributed by atoms with van der Waals surface area (Å²) in [6.07, 6.45) is 14.6. The molecule has 1 aliphatic rings. The molecule has 156 valence electrons. The van der Waals surface area contributed by atoms with Gasteiger partial charge in [-0.1, -0.05) is 37.6 Å². The van der Waals surface area contributed by atoms with E-state index in [4.69, 9.17) is 9.73 Å². The van der Waals surface area contributed by atoms with Crippen molar-refractivity contribution in [2.75, 3.05) is 7.11 Å². The van der Waals surface area contributed by atoms with Crippen LogP contribution in [0.4, 0.5) is 0 Å². The normalized spacial score (nSPS) is 15.8. The second-order valence-electron chi connectivity index (χ2n) is 7.35. The molecule has 1 heterocycles. The SMILES string of the molecule is CCC/C=C/C(=C\NC(C)=NC1(c2cncnc2)CC1)C(=O)c1cccc(OC)c1. The summed E-state index contributed by atoms with van der Waals surface area (Å²) >= 11 is 0. The van der Waals surface area contributed by atoms with Crippen molar-refractivity contribution in [2.45, 2.75) is 45.1 Å². The van der Waals surface area contributed by atoms with Gasteiger partial charge in [0.15, 0.2) is 5.78 Å². The van der Waals surface area contributed by atoms with Crippen molar-refractivity contribution in [3.05, 3.63) is 78.0 Å². The molecule has 30 heavy (non-hydrogen) atoms. The molecule has 1 aromatic carbocycles. The number of unbranched alkanes of at least 4 members (excludes halogenated alkanes) is 1. The van der Waals surface area contributed by atoms with Gasteiger partial charge in [0.1, 0.15) is 12.1 Å². The Bertz CT molecular complexity index is 960. The maximum atomic E-state index is 13.1. The van der Waals surface area contributed by atoms with Crippen LogP contribution in [-0.4, -0.2) is 28.7 Å². The number of hydrogen-bond acceptors (Lipinski definition) is 5. The highest BCUT2D eigenvalue weighted by Crippen LogP contribution is 2.49. The molecule has 0 bridgehead atoms. The first kappa shape index (κ1) is 21.4. The summed E-state index contributed by atoms with van der Waals surface area (Å²) in [5.74, 6) is 1.33. The van der Waals surface area contributed by atoms with Gasteiger partial charge in [0.2, 0.25) is 0 Å². The summed E-state index contributed by atoms with van der Waals surface area (Å²) < 4.78 is 5.25. The number of hydrogen-bond donors (Lipinski definition) is 1. The van der Waals surface area contributed by atoms with Crippen LogP contribution in [0.25, 0.3) is 0 Å². The van der Waals surface area contributed by atoms with E-state index in [1.807, 2.05) is 43.6 Å². The topological polar surface area (TPSA) is 76.5 Å². The van der Waals surface area contributed by atoms with Crippen LogP contribution in [0.15, 0.2) is 71.9 Å². The number of methoxy groups -OCH3 is 1. The van der Waals surface area contributed by atoms with Crippen LogP contribution in [0, 0.1) is 0 Å². The Balaban J connectivity index is 1.80. The van der Waals surface area contributed by atoms with E-state index in [0.29, 0.717) is 16.9 Å². The van der Waals surface area contributed by atoms with Crippen LogP contribution in [0.5, 0.6) is 5.75 Å². The Hall–Kier alpha value is -3.28. The van der Waals surface area contributed by atoms with E-state index in [-0.39, 0.29) is 11.3 Å². The number of ketones is 1. The highest BCUT2D eigenvalue weighted by atomic mass is 16.5. The van der Waals surface area contributed by atoms with E-state index in [2.05, 4.69) is 22.2 Å². The fourth-order valence-electron chi connectivity index (χ4n) is 3.16. The van der Waals surface area contributed by atoms with Crippen LogP contribution in [0.1, 0.15) is 55.5 Å². The van der Waals surface area contributed by atoms with E-state index in [9.17, 15) is 4.79 Å². The van der Waals surface area contributed by atoms with Crippen molar-refractivity contribution in [2.24, 2.45) is 4.99 Å². The Labute approximate surface area is 177 Å². The number of benzene rings is 1. The highest BCUT2D eigenvalue weighted by Gasteiger charge is 2.45. The molecule has 1 saturated carbocycles. The number of aromatic nitrogens is 2. The largest absolute Gasteiger partial charge is 0.497 e. The van der Waals surface area contributed by atoms with E-state index >= 15 is 0 Å².